The van der Waals surface area contributed by atoms with Crippen LogP contribution in [0.2, 0.25) is 0 Å². The Morgan fingerprint density at radius 1 is 1.25 bits per heavy atom. The Labute approximate surface area is 205 Å². The summed E-state index contributed by atoms with van der Waals surface area (Å²) < 4.78 is 45.1. The summed E-state index contributed by atoms with van der Waals surface area (Å²) in [7, 11) is 0. The monoisotopic (exact) mass is 505 g/mol. The summed E-state index contributed by atoms with van der Waals surface area (Å²) in [6, 6.07) is 2.86. The second-order valence-corrected chi connectivity index (χ2v) is 8.57. The Hall–Kier alpha value is -3.58. The van der Waals surface area contributed by atoms with Gasteiger partial charge >= 0.3 is 6.18 Å². The first kappa shape index (κ1) is 25.5. The second kappa shape index (κ2) is 10.6. The largest absolute Gasteiger partial charge is 0.449 e. The number of carbonyl (C=O) groups excluding carboxylic acids is 1. The summed E-state index contributed by atoms with van der Waals surface area (Å²) in [6.07, 6.45) is -0.148. The number of aliphatic hydroxyl groups is 1. The van der Waals surface area contributed by atoms with E-state index in [4.69, 9.17) is 4.42 Å². The van der Waals surface area contributed by atoms with Crippen LogP contribution in [0, 0.1) is 13.8 Å². The van der Waals surface area contributed by atoms with E-state index in [1.807, 2.05) is 0 Å². The highest BCUT2D eigenvalue weighted by molar-refractivity contribution is 5.92. The van der Waals surface area contributed by atoms with Crippen LogP contribution in [0.15, 0.2) is 35.0 Å². The third-order valence-corrected chi connectivity index (χ3v) is 5.85. The molecule has 13 heteroatoms. The number of aliphatic hydroxyl groups excluding tert-OH is 1. The first-order valence-corrected chi connectivity index (χ1v) is 11.3. The van der Waals surface area contributed by atoms with Crippen molar-refractivity contribution in [3.8, 4) is 0 Å². The number of benzene rings is 1. The molecule has 1 amide bonds. The summed E-state index contributed by atoms with van der Waals surface area (Å²) in [5.41, 5.74) is 0.678. The van der Waals surface area contributed by atoms with E-state index in [-0.39, 0.29) is 24.6 Å². The maximum atomic E-state index is 13.3. The fraction of sp³-hybridized carbons (Fsp3) is 0.435. The number of hydrogen-bond acceptors (Lipinski definition) is 8. The molecule has 3 heterocycles. The molecule has 36 heavy (non-hydrogen) atoms. The van der Waals surface area contributed by atoms with Crippen LogP contribution in [0.4, 0.5) is 13.2 Å². The van der Waals surface area contributed by atoms with Crippen molar-refractivity contribution in [2.45, 2.75) is 39.2 Å². The predicted molar refractivity (Wildman–Crippen MR) is 121 cm³/mol. The van der Waals surface area contributed by atoms with Crippen LogP contribution in [-0.4, -0.2) is 78.3 Å². The average Bonchev–Trinajstić information content (AvgIpc) is 3.44. The number of aromatic nitrogens is 5. The fourth-order valence-electron chi connectivity index (χ4n) is 4.10. The molecule has 1 fully saturated rings. The number of aryl methyl sites for hydroxylation is 2. The molecule has 3 aromatic rings. The SMILES string of the molecule is Cc1nnn(Cc2cc(C(F)(F)F)ccc2C=CC(=O)N2CCN(Cc3coc(C)n3)C[C@H]2CO)n1. The van der Waals surface area contributed by atoms with Crippen molar-refractivity contribution in [2.24, 2.45) is 0 Å². The van der Waals surface area contributed by atoms with Gasteiger partial charge in [-0.25, -0.2) is 4.98 Å². The number of hydrogen-bond donors (Lipinski definition) is 1. The molecular formula is C23H26F3N7O3. The number of amides is 1. The van der Waals surface area contributed by atoms with Gasteiger partial charge in [0.05, 0.1) is 30.5 Å². The minimum atomic E-state index is -4.52. The molecule has 1 saturated heterocycles. The van der Waals surface area contributed by atoms with Crippen molar-refractivity contribution in [2.75, 3.05) is 26.2 Å². The zero-order chi connectivity index (χ0) is 25.9. The lowest BCUT2D eigenvalue weighted by atomic mass is 10.0. The lowest BCUT2D eigenvalue weighted by Crippen LogP contribution is -2.56. The van der Waals surface area contributed by atoms with Gasteiger partial charge in [-0.15, -0.1) is 10.2 Å². The smallest absolute Gasteiger partial charge is 0.416 e. The van der Waals surface area contributed by atoms with Gasteiger partial charge in [0.25, 0.3) is 0 Å². The number of nitrogens with zero attached hydrogens (tertiary/aromatic N) is 7. The Kier molecular flexibility index (Phi) is 7.50. The molecule has 10 nitrogen and oxygen atoms in total. The molecule has 1 atom stereocenters. The summed E-state index contributed by atoms with van der Waals surface area (Å²) in [6.45, 7) is 5.06. The summed E-state index contributed by atoms with van der Waals surface area (Å²) >= 11 is 0. The normalized spacial score (nSPS) is 17.3. The van der Waals surface area contributed by atoms with Crippen molar-refractivity contribution >= 4 is 12.0 Å². The lowest BCUT2D eigenvalue weighted by molar-refractivity contribution is -0.137. The molecule has 0 saturated carbocycles. The van der Waals surface area contributed by atoms with Gasteiger partial charge in [-0.3, -0.25) is 9.69 Å². The van der Waals surface area contributed by atoms with Crippen LogP contribution >= 0.6 is 0 Å². The first-order valence-electron chi connectivity index (χ1n) is 11.3. The maximum Gasteiger partial charge on any atom is 0.416 e. The highest BCUT2D eigenvalue weighted by Gasteiger charge is 2.31. The topological polar surface area (TPSA) is 113 Å². The van der Waals surface area contributed by atoms with Gasteiger partial charge in [0.15, 0.2) is 11.7 Å². The van der Waals surface area contributed by atoms with E-state index >= 15 is 0 Å². The van der Waals surface area contributed by atoms with Gasteiger partial charge in [0.1, 0.15) is 6.26 Å². The number of alkyl halides is 3. The number of carbonyl (C=O) groups is 1. The van der Waals surface area contributed by atoms with Gasteiger partial charge in [-0.1, -0.05) is 6.07 Å². The van der Waals surface area contributed by atoms with E-state index in [9.17, 15) is 23.1 Å². The molecule has 0 aliphatic carbocycles. The molecule has 192 valence electrons. The molecule has 0 radical (unpaired) electrons. The van der Waals surface area contributed by atoms with E-state index in [1.54, 1.807) is 25.0 Å². The number of piperazine rings is 1. The highest BCUT2D eigenvalue weighted by atomic mass is 19.4. The molecule has 1 aliphatic rings. The van der Waals surface area contributed by atoms with Crippen LogP contribution in [0.1, 0.15) is 34.1 Å². The van der Waals surface area contributed by atoms with Crippen molar-refractivity contribution < 1.29 is 27.5 Å². The molecule has 1 aromatic carbocycles. The Balaban J connectivity index is 1.48. The van der Waals surface area contributed by atoms with E-state index in [1.165, 1.54) is 23.0 Å². The minimum absolute atomic E-state index is 0.0436. The van der Waals surface area contributed by atoms with Crippen molar-refractivity contribution in [3.05, 3.63) is 64.6 Å². The Bertz CT molecular complexity index is 1240. The third-order valence-electron chi connectivity index (χ3n) is 5.85. The van der Waals surface area contributed by atoms with Gasteiger partial charge in [-0.05, 0) is 41.5 Å². The van der Waals surface area contributed by atoms with Crippen LogP contribution in [0.3, 0.4) is 0 Å². The van der Waals surface area contributed by atoms with Crippen molar-refractivity contribution in [1.82, 2.24) is 35.0 Å². The Morgan fingerprint density at radius 2 is 2.06 bits per heavy atom. The van der Waals surface area contributed by atoms with E-state index < -0.39 is 17.8 Å². The molecular weight excluding hydrogens is 479 g/mol. The quantitative estimate of drug-likeness (QED) is 0.486. The van der Waals surface area contributed by atoms with Crippen LogP contribution in [0.25, 0.3) is 6.08 Å². The molecule has 1 N–H and O–H groups in total. The predicted octanol–water partition coefficient (Wildman–Crippen LogP) is 2.06. The maximum absolute atomic E-state index is 13.3. The third kappa shape index (κ3) is 6.15. The van der Waals surface area contributed by atoms with Crippen LogP contribution in [0.5, 0.6) is 0 Å². The Morgan fingerprint density at radius 3 is 2.69 bits per heavy atom. The van der Waals surface area contributed by atoms with Crippen LogP contribution in [-0.2, 0) is 24.1 Å². The van der Waals surface area contributed by atoms with Gasteiger partial charge in [0.2, 0.25) is 5.91 Å². The molecule has 0 unspecified atom stereocenters. The molecule has 4 rings (SSSR count). The van der Waals surface area contributed by atoms with E-state index in [0.29, 0.717) is 43.5 Å². The van der Waals surface area contributed by atoms with E-state index in [0.717, 1.165) is 17.8 Å². The second-order valence-electron chi connectivity index (χ2n) is 8.57. The zero-order valence-corrected chi connectivity index (χ0v) is 19.8. The standard InChI is InChI=1S/C23H26F3N7O3/c1-15-28-30-33(29-15)10-18-9-19(23(24,25)26)5-3-17(18)4-6-22(35)32-8-7-31(12-21(32)13-34)11-20-14-36-16(2)27-20/h3-6,9,14,21,34H,7-8,10-13H2,1-2H3/t21-/m0/s1. The van der Waals surface area contributed by atoms with Gasteiger partial charge < -0.3 is 14.4 Å². The number of oxazole rings is 1. The lowest BCUT2D eigenvalue weighted by Gasteiger charge is -2.40. The summed E-state index contributed by atoms with van der Waals surface area (Å²) in [4.78, 5) is 22.1. The zero-order valence-electron chi connectivity index (χ0n) is 19.8. The fourth-order valence-corrected chi connectivity index (χ4v) is 4.10. The number of rotatable bonds is 7. The number of tetrazole rings is 1. The molecule has 0 bridgehead atoms. The molecule has 2 aromatic heterocycles. The average molecular weight is 506 g/mol. The summed E-state index contributed by atoms with van der Waals surface area (Å²) in [5, 5.41) is 21.5. The summed E-state index contributed by atoms with van der Waals surface area (Å²) in [5.74, 6) is 0.619. The van der Waals surface area contributed by atoms with Gasteiger partial charge in [-0.2, -0.15) is 18.0 Å². The van der Waals surface area contributed by atoms with Crippen molar-refractivity contribution in [1.29, 1.82) is 0 Å². The highest BCUT2D eigenvalue weighted by Crippen LogP contribution is 2.31. The van der Waals surface area contributed by atoms with E-state index in [2.05, 4.69) is 25.3 Å². The minimum Gasteiger partial charge on any atom is -0.449 e. The van der Waals surface area contributed by atoms with Crippen LogP contribution < -0.4 is 0 Å². The number of halogens is 3. The molecule has 1 aliphatic heterocycles. The van der Waals surface area contributed by atoms with Crippen molar-refractivity contribution in [3.63, 3.8) is 0 Å². The van der Waals surface area contributed by atoms with Gasteiger partial charge in [0, 0.05) is 39.2 Å². The first-order chi connectivity index (χ1) is 17.1. The molecule has 0 spiro atoms.